The third-order valence-corrected chi connectivity index (χ3v) is 9.22. The second-order valence-corrected chi connectivity index (χ2v) is 12.2. The standard InChI is InChI=1S/C26H38NO3P/c1-18(2)24-16-9-20(4)17-25(24)30-31(29,23-14-12-22(13-15-23)27(5)6)26(28)21-10-7-19(3)8-11-21/h7-8,10-15,18,20,24-26,28H,9,16-17H2,1-6H3. The smallest absolute Gasteiger partial charge is 0.264 e. The minimum absolute atomic E-state index is 0.122. The minimum atomic E-state index is -3.58. The van der Waals surface area contributed by atoms with E-state index in [4.69, 9.17) is 4.52 Å². The van der Waals surface area contributed by atoms with Gasteiger partial charge in [-0.1, -0.05) is 57.0 Å². The first-order chi connectivity index (χ1) is 14.6. The van der Waals surface area contributed by atoms with Crippen molar-refractivity contribution in [2.45, 2.75) is 58.9 Å². The molecule has 4 nitrogen and oxygen atoms in total. The molecule has 1 aliphatic carbocycles. The highest BCUT2D eigenvalue weighted by Gasteiger charge is 2.42. The molecule has 0 radical (unpaired) electrons. The zero-order chi connectivity index (χ0) is 22.8. The second kappa shape index (κ2) is 9.90. The van der Waals surface area contributed by atoms with Crippen LogP contribution >= 0.6 is 7.37 Å². The van der Waals surface area contributed by atoms with Crippen molar-refractivity contribution in [3.05, 3.63) is 59.7 Å². The van der Waals surface area contributed by atoms with Crippen LogP contribution in [-0.4, -0.2) is 25.3 Å². The van der Waals surface area contributed by atoms with Crippen molar-refractivity contribution in [1.29, 1.82) is 0 Å². The summed E-state index contributed by atoms with van der Waals surface area (Å²) in [5, 5.41) is 12.0. The number of benzene rings is 2. The number of nitrogens with zero attached hydrogens (tertiary/aromatic N) is 1. The van der Waals surface area contributed by atoms with Gasteiger partial charge in [0.15, 0.2) is 5.85 Å². The first kappa shape index (κ1) is 24.0. The Morgan fingerprint density at radius 2 is 1.65 bits per heavy atom. The van der Waals surface area contributed by atoms with Crippen molar-refractivity contribution < 1.29 is 14.2 Å². The second-order valence-electron chi connectivity index (χ2n) is 9.76. The zero-order valence-electron chi connectivity index (χ0n) is 19.8. The number of aryl methyl sites for hydroxylation is 1. The van der Waals surface area contributed by atoms with Crippen LogP contribution in [0, 0.1) is 24.7 Å². The molecule has 5 unspecified atom stereocenters. The molecule has 31 heavy (non-hydrogen) atoms. The molecule has 0 amide bonds. The highest BCUT2D eigenvalue weighted by molar-refractivity contribution is 7.67. The van der Waals surface area contributed by atoms with E-state index in [0.29, 0.717) is 28.6 Å². The Balaban J connectivity index is 2.02. The fraction of sp³-hybridized carbons (Fsp3) is 0.538. The SMILES string of the molecule is Cc1ccc(C(O)P(=O)(OC2CC(C)CCC2C(C)C)c2ccc(N(C)C)cc2)cc1. The fourth-order valence-electron chi connectivity index (χ4n) is 4.59. The Hall–Kier alpha value is -1.61. The number of rotatable bonds is 7. The predicted molar refractivity (Wildman–Crippen MR) is 130 cm³/mol. The first-order valence-electron chi connectivity index (χ1n) is 11.4. The molecule has 3 rings (SSSR count). The third-order valence-electron chi connectivity index (χ3n) is 6.68. The molecule has 0 heterocycles. The molecule has 0 aromatic heterocycles. The van der Waals surface area contributed by atoms with Gasteiger partial charge in [0, 0.05) is 25.1 Å². The van der Waals surface area contributed by atoms with Gasteiger partial charge in [-0.3, -0.25) is 4.57 Å². The molecular formula is C26H38NO3P. The number of anilines is 1. The maximum Gasteiger partial charge on any atom is 0.264 e. The summed E-state index contributed by atoms with van der Waals surface area (Å²) < 4.78 is 21.1. The molecule has 2 aromatic carbocycles. The third kappa shape index (κ3) is 5.42. The normalized spacial score (nSPS) is 24.6. The van der Waals surface area contributed by atoms with Gasteiger partial charge in [-0.05, 0) is 67.3 Å². The van der Waals surface area contributed by atoms with E-state index in [1.807, 2.05) is 74.4 Å². The maximum atomic E-state index is 14.5. The molecule has 0 aliphatic heterocycles. The van der Waals surface area contributed by atoms with Crippen LogP contribution in [0.25, 0.3) is 0 Å². The van der Waals surface area contributed by atoms with E-state index in [9.17, 15) is 9.67 Å². The number of aliphatic hydroxyl groups is 1. The van der Waals surface area contributed by atoms with Crippen LogP contribution in [0.5, 0.6) is 0 Å². The van der Waals surface area contributed by atoms with Gasteiger partial charge < -0.3 is 14.5 Å². The van der Waals surface area contributed by atoms with E-state index in [0.717, 1.165) is 24.1 Å². The van der Waals surface area contributed by atoms with Crippen LogP contribution < -0.4 is 10.2 Å². The quantitative estimate of drug-likeness (QED) is 0.523. The van der Waals surface area contributed by atoms with Crippen molar-refractivity contribution in [2.24, 2.45) is 17.8 Å². The predicted octanol–water partition coefficient (Wildman–Crippen LogP) is 6.13. The molecule has 2 aromatic rings. The van der Waals surface area contributed by atoms with E-state index in [-0.39, 0.29) is 6.10 Å². The van der Waals surface area contributed by atoms with Crippen LogP contribution in [0.15, 0.2) is 48.5 Å². The van der Waals surface area contributed by atoms with Gasteiger partial charge in [0.1, 0.15) is 0 Å². The molecular weight excluding hydrogens is 405 g/mol. The molecule has 170 valence electrons. The van der Waals surface area contributed by atoms with Crippen LogP contribution in [0.3, 0.4) is 0 Å². The van der Waals surface area contributed by atoms with E-state index in [2.05, 4.69) is 20.8 Å². The van der Waals surface area contributed by atoms with Crippen LogP contribution in [-0.2, 0) is 9.09 Å². The van der Waals surface area contributed by atoms with E-state index in [1.54, 1.807) is 0 Å². The summed E-state index contributed by atoms with van der Waals surface area (Å²) in [6.07, 6.45) is 3.00. The van der Waals surface area contributed by atoms with Crippen LogP contribution in [0.2, 0.25) is 0 Å². The van der Waals surface area contributed by atoms with Crippen molar-refractivity contribution in [3.63, 3.8) is 0 Å². The largest absolute Gasteiger partial charge is 0.378 e. The van der Waals surface area contributed by atoms with Gasteiger partial charge in [-0.15, -0.1) is 0 Å². The van der Waals surface area contributed by atoms with Gasteiger partial charge in [0.2, 0.25) is 0 Å². The summed E-state index contributed by atoms with van der Waals surface area (Å²) in [5.74, 6) is 0.124. The van der Waals surface area contributed by atoms with Gasteiger partial charge in [0.25, 0.3) is 7.37 Å². The molecule has 5 heteroatoms. The van der Waals surface area contributed by atoms with Gasteiger partial charge in [-0.2, -0.15) is 0 Å². The topological polar surface area (TPSA) is 49.8 Å². The van der Waals surface area contributed by atoms with E-state index in [1.165, 1.54) is 6.42 Å². The molecule has 0 bridgehead atoms. The molecule has 0 spiro atoms. The van der Waals surface area contributed by atoms with Gasteiger partial charge in [0.05, 0.1) is 6.10 Å². The van der Waals surface area contributed by atoms with Gasteiger partial charge in [-0.25, -0.2) is 0 Å². The molecule has 1 aliphatic rings. The molecule has 1 fully saturated rings. The summed E-state index contributed by atoms with van der Waals surface area (Å²) in [6.45, 7) is 8.66. The zero-order valence-corrected chi connectivity index (χ0v) is 20.7. The Bertz CT molecular complexity index is 892. The van der Waals surface area contributed by atoms with Crippen LogP contribution in [0.1, 0.15) is 57.0 Å². The van der Waals surface area contributed by atoms with E-state index < -0.39 is 13.2 Å². The summed E-state index contributed by atoms with van der Waals surface area (Å²) in [4.78, 5) is 2.00. The van der Waals surface area contributed by atoms with Crippen LogP contribution in [0.4, 0.5) is 5.69 Å². The molecule has 0 saturated heterocycles. The fourth-order valence-corrected chi connectivity index (χ4v) is 6.88. The maximum absolute atomic E-state index is 14.5. The van der Waals surface area contributed by atoms with E-state index >= 15 is 0 Å². The van der Waals surface area contributed by atoms with Crippen molar-refractivity contribution in [1.82, 2.24) is 0 Å². The Kier molecular flexibility index (Phi) is 7.68. The number of aliphatic hydroxyl groups excluding tert-OH is 1. The highest BCUT2D eigenvalue weighted by atomic mass is 31.2. The van der Waals surface area contributed by atoms with Gasteiger partial charge >= 0.3 is 0 Å². The lowest BCUT2D eigenvalue weighted by molar-refractivity contribution is 0.0427. The summed E-state index contributed by atoms with van der Waals surface area (Å²) in [7, 11) is 0.365. The lowest BCUT2D eigenvalue weighted by Crippen LogP contribution is -2.35. The minimum Gasteiger partial charge on any atom is -0.378 e. The highest BCUT2D eigenvalue weighted by Crippen LogP contribution is 2.60. The summed E-state index contributed by atoms with van der Waals surface area (Å²) in [6, 6.07) is 15.2. The Morgan fingerprint density at radius 3 is 2.19 bits per heavy atom. The first-order valence-corrected chi connectivity index (χ1v) is 13.1. The Labute approximate surface area is 188 Å². The Morgan fingerprint density at radius 1 is 1.03 bits per heavy atom. The molecule has 1 saturated carbocycles. The number of hydrogen-bond donors (Lipinski definition) is 1. The van der Waals surface area contributed by atoms with Crippen molar-refractivity contribution in [3.8, 4) is 0 Å². The van der Waals surface area contributed by atoms with Crippen molar-refractivity contribution in [2.75, 3.05) is 19.0 Å². The molecule has 5 atom stereocenters. The average Bonchev–Trinajstić information content (AvgIpc) is 2.73. The summed E-state index contributed by atoms with van der Waals surface area (Å²) >= 11 is 0. The summed E-state index contributed by atoms with van der Waals surface area (Å²) in [5.41, 5.74) is 2.75. The molecule has 1 N–H and O–H groups in total. The van der Waals surface area contributed by atoms with Crippen molar-refractivity contribution >= 4 is 18.4 Å². The number of hydrogen-bond acceptors (Lipinski definition) is 4. The lowest BCUT2D eigenvalue weighted by Gasteiger charge is -2.40. The average molecular weight is 444 g/mol. The monoisotopic (exact) mass is 443 g/mol. The lowest BCUT2D eigenvalue weighted by atomic mass is 9.75.